The van der Waals surface area contributed by atoms with Gasteiger partial charge in [-0.2, -0.15) is 13.2 Å². The third kappa shape index (κ3) is 3.73. The van der Waals surface area contributed by atoms with Gasteiger partial charge in [-0.3, -0.25) is 20.2 Å². The van der Waals surface area contributed by atoms with Crippen molar-refractivity contribution < 1.29 is 40.6 Å². The fourth-order valence-electron chi connectivity index (χ4n) is 2.02. The normalized spacial score (nSPS) is 11.4. The van der Waals surface area contributed by atoms with Gasteiger partial charge in [-0.05, 0) is 0 Å². The fraction of sp³-hybridized carbons (Fsp3) is 0.0769. The standard InChI is InChI=1S/C13H4F7N3O4/c14-6-3-7(15)10(17)12(9(6)16)21-11-5(13(18,19)20)1-4(22(24)25)2-8(11)23(26)27/h1-3,21H. The summed E-state index contributed by atoms with van der Waals surface area (Å²) in [6, 6.07) is -0.283. The van der Waals surface area contributed by atoms with Crippen LogP contribution in [0, 0.1) is 43.5 Å². The van der Waals surface area contributed by atoms with Crippen LogP contribution in [0.15, 0.2) is 18.2 Å². The summed E-state index contributed by atoms with van der Waals surface area (Å²) in [6.45, 7) is 0. The van der Waals surface area contributed by atoms with Crippen LogP contribution in [0.2, 0.25) is 0 Å². The zero-order valence-corrected chi connectivity index (χ0v) is 12.4. The Labute approximate surface area is 143 Å². The van der Waals surface area contributed by atoms with E-state index in [1.54, 1.807) is 0 Å². The van der Waals surface area contributed by atoms with Crippen LogP contribution < -0.4 is 5.32 Å². The maximum atomic E-state index is 13.7. The summed E-state index contributed by atoms with van der Waals surface area (Å²) >= 11 is 0. The van der Waals surface area contributed by atoms with Gasteiger partial charge in [0.1, 0.15) is 11.4 Å². The van der Waals surface area contributed by atoms with E-state index in [0.717, 1.165) is 0 Å². The van der Waals surface area contributed by atoms with Crippen LogP contribution in [0.3, 0.4) is 0 Å². The molecule has 0 fully saturated rings. The molecule has 0 aliphatic carbocycles. The molecule has 2 aromatic rings. The first-order valence-corrected chi connectivity index (χ1v) is 6.48. The van der Waals surface area contributed by atoms with Gasteiger partial charge >= 0.3 is 6.18 Å². The number of hydrogen-bond acceptors (Lipinski definition) is 5. The Morgan fingerprint density at radius 2 is 1.33 bits per heavy atom. The molecule has 2 rings (SSSR count). The molecule has 0 spiro atoms. The summed E-state index contributed by atoms with van der Waals surface area (Å²) in [7, 11) is 0. The minimum Gasteiger partial charge on any atom is -0.344 e. The Morgan fingerprint density at radius 3 is 1.74 bits per heavy atom. The molecule has 0 aliphatic rings. The van der Waals surface area contributed by atoms with E-state index in [9.17, 15) is 51.0 Å². The van der Waals surface area contributed by atoms with Crippen molar-refractivity contribution in [1.82, 2.24) is 0 Å². The van der Waals surface area contributed by atoms with Gasteiger partial charge < -0.3 is 5.32 Å². The number of nitro groups is 2. The number of halogens is 7. The van der Waals surface area contributed by atoms with Gasteiger partial charge in [-0.1, -0.05) is 0 Å². The molecule has 0 saturated carbocycles. The number of anilines is 2. The first-order valence-electron chi connectivity index (χ1n) is 6.48. The molecular formula is C13H4F7N3O4. The highest BCUT2D eigenvalue weighted by Gasteiger charge is 2.40. The highest BCUT2D eigenvalue weighted by molar-refractivity contribution is 5.76. The Balaban J connectivity index is 2.84. The lowest BCUT2D eigenvalue weighted by atomic mass is 10.1. The minimum absolute atomic E-state index is 0.0863. The third-order valence-corrected chi connectivity index (χ3v) is 3.18. The molecular weight excluding hydrogens is 395 g/mol. The first-order chi connectivity index (χ1) is 12.3. The number of hydrogen-bond donors (Lipinski definition) is 1. The molecule has 27 heavy (non-hydrogen) atoms. The largest absolute Gasteiger partial charge is 0.418 e. The van der Waals surface area contributed by atoms with Crippen LogP contribution >= 0.6 is 0 Å². The van der Waals surface area contributed by atoms with Crippen molar-refractivity contribution in [1.29, 1.82) is 0 Å². The molecule has 7 nitrogen and oxygen atoms in total. The van der Waals surface area contributed by atoms with Crippen molar-refractivity contribution in [3.8, 4) is 0 Å². The molecule has 0 amide bonds. The van der Waals surface area contributed by atoms with Crippen LogP contribution in [0.5, 0.6) is 0 Å². The Morgan fingerprint density at radius 1 is 0.815 bits per heavy atom. The molecule has 144 valence electrons. The lowest BCUT2D eigenvalue weighted by Gasteiger charge is -2.16. The highest BCUT2D eigenvalue weighted by atomic mass is 19.4. The molecule has 0 heterocycles. The molecule has 1 N–H and O–H groups in total. The van der Waals surface area contributed by atoms with E-state index in [1.807, 2.05) is 0 Å². The maximum Gasteiger partial charge on any atom is 0.418 e. The number of nitro benzene ring substituents is 2. The molecule has 0 aliphatic heterocycles. The molecule has 0 radical (unpaired) electrons. The van der Waals surface area contributed by atoms with Crippen LogP contribution in [0.4, 0.5) is 53.5 Å². The SMILES string of the molecule is O=[N+]([O-])c1cc([N+](=O)[O-])c(Nc2c(F)c(F)cc(F)c2F)c(C(F)(F)F)c1. The number of benzene rings is 2. The predicted molar refractivity (Wildman–Crippen MR) is 74.3 cm³/mol. The maximum absolute atomic E-state index is 13.7. The second-order valence-electron chi connectivity index (χ2n) is 4.87. The molecule has 14 heteroatoms. The average molecular weight is 399 g/mol. The highest BCUT2D eigenvalue weighted by Crippen LogP contribution is 2.44. The molecule has 0 bridgehead atoms. The lowest BCUT2D eigenvalue weighted by Crippen LogP contribution is -2.13. The number of nitrogens with zero attached hydrogens (tertiary/aromatic N) is 2. The second kappa shape index (κ2) is 6.69. The summed E-state index contributed by atoms with van der Waals surface area (Å²) in [5.74, 6) is -8.30. The summed E-state index contributed by atoms with van der Waals surface area (Å²) in [6.07, 6.45) is -5.46. The van der Waals surface area contributed by atoms with Crippen LogP contribution in [-0.2, 0) is 6.18 Å². The minimum atomic E-state index is -5.46. The Kier molecular flexibility index (Phi) is 4.93. The number of rotatable bonds is 4. The van der Waals surface area contributed by atoms with E-state index in [2.05, 4.69) is 0 Å². The fourth-order valence-corrected chi connectivity index (χ4v) is 2.02. The van der Waals surface area contributed by atoms with E-state index in [-0.39, 0.29) is 18.2 Å². The van der Waals surface area contributed by atoms with Crippen LogP contribution in [0.1, 0.15) is 5.56 Å². The van der Waals surface area contributed by atoms with E-state index in [0.29, 0.717) is 0 Å². The van der Waals surface area contributed by atoms with Crippen molar-refractivity contribution in [2.45, 2.75) is 6.18 Å². The van der Waals surface area contributed by atoms with Crippen LogP contribution in [0.25, 0.3) is 0 Å². The average Bonchev–Trinajstić information content (AvgIpc) is 2.55. The van der Waals surface area contributed by atoms with Gasteiger partial charge in [0.15, 0.2) is 23.3 Å². The molecule has 0 saturated heterocycles. The van der Waals surface area contributed by atoms with Crippen molar-refractivity contribution in [2.75, 3.05) is 5.32 Å². The van der Waals surface area contributed by atoms with E-state index >= 15 is 0 Å². The number of nitrogens with one attached hydrogen (secondary N) is 1. The summed E-state index contributed by atoms with van der Waals surface area (Å²) in [4.78, 5) is 18.8. The van der Waals surface area contributed by atoms with Gasteiger partial charge in [0, 0.05) is 12.1 Å². The summed E-state index contributed by atoms with van der Waals surface area (Å²) in [5, 5.41) is 23.0. The smallest absolute Gasteiger partial charge is 0.344 e. The van der Waals surface area contributed by atoms with E-state index in [4.69, 9.17) is 0 Å². The van der Waals surface area contributed by atoms with Crippen molar-refractivity contribution in [2.24, 2.45) is 0 Å². The monoisotopic (exact) mass is 399 g/mol. The Hall–Kier alpha value is -3.45. The first kappa shape index (κ1) is 19.9. The lowest BCUT2D eigenvalue weighted by molar-refractivity contribution is -0.394. The molecule has 0 unspecified atom stereocenters. The molecule has 0 aromatic heterocycles. The quantitative estimate of drug-likeness (QED) is 0.344. The Bertz CT molecular complexity index is 936. The third-order valence-electron chi connectivity index (χ3n) is 3.18. The topological polar surface area (TPSA) is 98.3 Å². The van der Waals surface area contributed by atoms with Crippen molar-refractivity contribution in [3.05, 3.63) is 67.3 Å². The van der Waals surface area contributed by atoms with Crippen LogP contribution in [-0.4, -0.2) is 9.85 Å². The van der Waals surface area contributed by atoms with Crippen molar-refractivity contribution in [3.63, 3.8) is 0 Å². The van der Waals surface area contributed by atoms with Gasteiger partial charge in [0.25, 0.3) is 11.4 Å². The zero-order chi connectivity index (χ0) is 20.7. The summed E-state index contributed by atoms with van der Waals surface area (Å²) in [5.41, 5.74) is -8.41. The number of alkyl halides is 3. The van der Waals surface area contributed by atoms with Gasteiger partial charge in [0.05, 0.1) is 21.5 Å². The van der Waals surface area contributed by atoms with Gasteiger partial charge in [-0.15, -0.1) is 0 Å². The van der Waals surface area contributed by atoms with Crippen molar-refractivity contribution >= 4 is 22.7 Å². The molecule has 2 aromatic carbocycles. The summed E-state index contributed by atoms with van der Waals surface area (Å²) < 4.78 is 93.4. The zero-order valence-electron chi connectivity index (χ0n) is 12.4. The van der Waals surface area contributed by atoms with Gasteiger partial charge in [0.2, 0.25) is 0 Å². The van der Waals surface area contributed by atoms with Gasteiger partial charge in [-0.25, -0.2) is 17.6 Å². The van der Waals surface area contributed by atoms with E-state index in [1.165, 1.54) is 5.32 Å². The second-order valence-corrected chi connectivity index (χ2v) is 4.87. The van der Waals surface area contributed by atoms with E-state index < -0.39 is 67.6 Å². The molecule has 0 atom stereocenters. The predicted octanol–water partition coefficient (Wildman–Crippen LogP) is 4.82. The number of non-ortho nitro benzene ring substituents is 1.